The second-order valence-corrected chi connectivity index (χ2v) is 8.80. The lowest BCUT2D eigenvalue weighted by Crippen LogP contribution is -2.39. The highest BCUT2D eigenvalue weighted by Gasteiger charge is 2.33. The van der Waals surface area contributed by atoms with Crippen LogP contribution in [0.1, 0.15) is 36.0 Å². The van der Waals surface area contributed by atoms with Crippen LogP contribution in [0.15, 0.2) is 23.1 Å². The maximum absolute atomic E-state index is 13.3. The van der Waals surface area contributed by atoms with Crippen molar-refractivity contribution in [1.82, 2.24) is 24.4 Å². The summed E-state index contributed by atoms with van der Waals surface area (Å²) in [5.41, 5.74) is 0.436. The van der Waals surface area contributed by atoms with Crippen LogP contribution in [0, 0.1) is 12.7 Å². The highest BCUT2D eigenvalue weighted by Crippen LogP contribution is 2.31. The van der Waals surface area contributed by atoms with Gasteiger partial charge in [-0.1, -0.05) is 0 Å². The van der Waals surface area contributed by atoms with Crippen molar-refractivity contribution in [2.45, 2.75) is 43.7 Å². The number of aromatic nitrogens is 3. The van der Waals surface area contributed by atoms with E-state index in [1.807, 2.05) is 0 Å². The van der Waals surface area contributed by atoms with E-state index >= 15 is 0 Å². The van der Waals surface area contributed by atoms with Crippen molar-refractivity contribution < 1.29 is 12.8 Å². The largest absolute Gasteiger partial charge is 0.312 e. The number of piperidine rings is 1. The monoisotopic (exact) mass is 379 g/mol. The SMILES string of the molecule is Cc1cc(F)ccc1S(=O)(=O)N1CCC(c2nnc3n2CCNC3)CC1. The van der Waals surface area contributed by atoms with Crippen LogP contribution < -0.4 is 5.32 Å². The molecule has 1 aromatic heterocycles. The van der Waals surface area contributed by atoms with Crippen LogP contribution in [-0.2, 0) is 23.1 Å². The third kappa shape index (κ3) is 3.04. The lowest BCUT2D eigenvalue weighted by Gasteiger charge is -2.31. The molecule has 0 radical (unpaired) electrons. The molecular weight excluding hydrogens is 357 g/mol. The molecule has 2 aliphatic heterocycles. The zero-order chi connectivity index (χ0) is 18.3. The number of halogens is 1. The number of nitrogens with zero attached hydrogens (tertiary/aromatic N) is 4. The van der Waals surface area contributed by atoms with Gasteiger partial charge in [0.1, 0.15) is 17.5 Å². The van der Waals surface area contributed by atoms with Crippen LogP contribution in [-0.4, -0.2) is 47.1 Å². The minimum atomic E-state index is -3.61. The Morgan fingerprint density at radius 3 is 2.69 bits per heavy atom. The van der Waals surface area contributed by atoms with Gasteiger partial charge in [-0.25, -0.2) is 12.8 Å². The number of hydrogen-bond donors (Lipinski definition) is 1. The Kier molecular flexibility index (Phi) is 4.54. The summed E-state index contributed by atoms with van der Waals surface area (Å²) in [7, 11) is -3.61. The highest BCUT2D eigenvalue weighted by atomic mass is 32.2. The molecule has 1 aromatic carbocycles. The van der Waals surface area contributed by atoms with E-state index in [9.17, 15) is 12.8 Å². The van der Waals surface area contributed by atoms with Gasteiger partial charge in [0.15, 0.2) is 0 Å². The topological polar surface area (TPSA) is 80.1 Å². The highest BCUT2D eigenvalue weighted by molar-refractivity contribution is 7.89. The molecule has 3 heterocycles. The summed E-state index contributed by atoms with van der Waals surface area (Å²) in [6, 6.07) is 3.81. The maximum atomic E-state index is 13.3. The maximum Gasteiger partial charge on any atom is 0.243 e. The number of fused-ring (bicyclic) bond motifs is 1. The summed E-state index contributed by atoms with van der Waals surface area (Å²) in [5.74, 6) is 1.71. The van der Waals surface area contributed by atoms with Gasteiger partial charge in [0.05, 0.1) is 11.4 Å². The first kappa shape index (κ1) is 17.6. The molecule has 0 aliphatic carbocycles. The zero-order valence-corrected chi connectivity index (χ0v) is 15.5. The summed E-state index contributed by atoms with van der Waals surface area (Å²) in [4.78, 5) is 0.184. The van der Waals surface area contributed by atoms with E-state index in [1.165, 1.54) is 22.5 Å². The molecule has 4 rings (SSSR count). The van der Waals surface area contributed by atoms with E-state index < -0.39 is 15.8 Å². The summed E-state index contributed by atoms with van der Waals surface area (Å²) < 4.78 is 42.8. The third-order valence-corrected chi connectivity index (χ3v) is 7.28. The van der Waals surface area contributed by atoms with Crippen molar-refractivity contribution in [1.29, 1.82) is 0 Å². The van der Waals surface area contributed by atoms with Gasteiger partial charge in [-0.3, -0.25) is 0 Å². The first-order valence-electron chi connectivity index (χ1n) is 8.86. The molecule has 26 heavy (non-hydrogen) atoms. The molecule has 0 saturated carbocycles. The van der Waals surface area contributed by atoms with Gasteiger partial charge in [0, 0.05) is 32.1 Å². The van der Waals surface area contributed by atoms with Gasteiger partial charge >= 0.3 is 0 Å². The average Bonchev–Trinajstić information content (AvgIpc) is 3.05. The molecule has 0 spiro atoms. The number of benzene rings is 1. The second-order valence-electron chi connectivity index (χ2n) is 6.89. The lowest BCUT2D eigenvalue weighted by atomic mass is 9.97. The molecule has 2 aromatic rings. The standard InChI is InChI=1S/C17H22FN5O2S/c1-12-10-14(18)2-3-15(12)26(24,25)22-7-4-13(5-8-22)17-21-20-16-11-19-6-9-23(16)17/h2-3,10,13,19H,4-9,11H2,1H3. The molecule has 0 unspecified atom stereocenters. The Bertz CT molecular complexity index is 919. The van der Waals surface area contributed by atoms with Crippen LogP contribution in [0.3, 0.4) is 0 Å². The van der Waals surface area contributed by atoms with Crippen molar-refractivity contribution in [3.05, 3.63) is 41.2 Å². The fourth-order valence-corrected chi connectivity index (χ4v) is 5.49. The summed E-state index contributed by atoms with van der Waals surface area (Å²) >= 11 is 0. The van der Waals surface area contributed by atoms with Crippen molar-refractivity contribution in [3.63, 3.8) is 0 Å². The first-order valence-corrected chi connectivity index (χ1v) is 10.3. The normalized spacial score (nSPS) is 19.5. The molecule has 1 fully saturated rings. The Labute approximate surface area is 152 Å². The van der Waals surface area contributed by atoms with Gasteiger partial charge in [-0.2, -0.15) is 4.31 Å². The number of nitrogens with one attached hydrogen (secondary N) is 1. The smallest absolute Gasteiger partial charge is 0.243 e. The van der Waals surface area contributed by atoms with Crippen LogP contribution in [0.5, 0.6) is 0 Å². The van der Waals surface area contributed by atoms with Crippen LogP contribution >= 0.6 is 0 Å². The van der Waals surface area contributed by atoms with Crippen molar-refractivity contribution in [3.8, 4) is 0 Å². The predicted molar refractivity (Wildman–Crippen MR) is 93.6 cm³/mol. The fraction of sp³-hybridized carbons (Fsp3) is 0.529. The second kappa shape index (κ2) is 6.71. The van der Waals surface area contributed by atoms with Crippen LogP contribution in [0.2, 0.25) is 0 Å². The Morgan fingerprint density at radius 2 is 1.96 bits per heavy atom. The average molecular weight is 379 g/mol. The van der Waals surface area contributed by atoms with Crippen LogP contribution in [0.4, 0.5) is 4.39 Å². The predicted octanol–water partition coefficient (Wildman–Crippen LogP) is 1.40. The molecule has 1 saturated heterocycles. The molecule has 9 heteroatoms. The minimum Gasteiger partial charge on any atom is -0.312 e. The van der Waals surface area contributed by atoms with Crippen molar-refractivity contribution >= 4 is 10.0 Å². The quantitative estimate of drug-likeness (QED) is 0.872. The number of rotatable bonds is 3. The van der Waals surface area contributed by atoms with Gasteiger partial charge in [0.2, 0.25) is 10.0 Å². The van der Waals surface area contributed by atoms with Gasteiger partial charge in [0.25, 0.3) is 0 Å². The van der Waals surface area contributed by atoms with E-state index in [2.05, 4.69) is 20.1 Å². The van der Waals surface area contributed by atoms with Crippen LogP contribution in [0.25, 0.3) is 0 Å². The molecular formula is C17H22FN5O2S. The number of hydrogen-bond acceptors (Lipinski definition) is 5. The van der Waals surface area contributed by atoms with Gasteiger partial charge in [-0.05, 0) is 43.5 Å². The molecule has 140 valence electrons. The number of aryl methyl sites for hydroxylation is 1. The molecule has 0 atom stereocenters. The summed E-state index contributed by atoms with van der Waals surface area (Å²) in [6.45, 7) is 4.97. The Morgan fingerprint density at radius 1 is 1.19 bits per heavy atom. The van der Waals surface area contributed by atoms with Gasteiger partial charge < -0.3 is 9.88 Å². The van der Waals surface area contributed by atoms with Gasteiger partial charge in [-0.15, -0.1) is 10.2 Å². The Balaban J connectivity index is 1.50. The first-order chi connectivity index (χ1) is 12.5. The lowest BCUT2D eigenvalue weighted by molar-refractivity contribution is 0.307. The van der Waals surface area contributed by atoms with Crippen molar-refractivity contribution in [2.24, 2.45) is 0 Å². The van der Waals surface area contributed by atoms with E-state index in [4.69, 9.17) is 0 Å². The minimum absolute atomic E-state index is 0.184. The van der Waals surface area contributed by atoms with E-state index in [0.29, 0.717) is 31.5 Å². The summed E-state index contributed by atoms with van der Waals surface area (Å²) in [5, 5.41) is 11.9. The van der Waals surface area contributed by atoms with E-state index in [1.54, 1.807) is 6.92 Å². The van der Waals surface area contributed by atoms with E-state index in [-0.39, 0.29) is 10.8 Å². The molecule has 0 bridgehead atoms. The van der Waals surface area contributed by atoms with E-state index in [0.717, 1.165) is 31.3 Å². The molecule has 1 N–H and O–H groups in total. The molecule has 2 aliphatic rings. The third-order valence-electron chi connectivity index (χ3n) is 5.23. The van der Waals surface area contributed by atoms with Crippen molar-refractivity contribution in [2.75, 3.05) is 19.6 Å². The molecule has 0 amide bonds. The summed E-state index contributed by atoms with van der Waals surface area (Å²) in [6.07, 6.45) is 1.43. The fourth-order valence-electron chi connectivity index (χ4n) is 3.81. The zero-order valence-electron chi connectivity index (χ0n) is 14.7. The Hall–Kier alpha value is -1.84. The molecule has 7 nitrogen and oxygen atoms in total. The number of sulfonamides is 1.